The zero-order valence-corrected chi connectivity index (χ0v) is 15.2. The van der Waals surface area contributed by atoms with Crippen molar-refractivity contribution in [1.82, 2.24) is 24.4 Å². The first-order chi connectivity index (χ1) is 12.7. The van der Waals surface area contributed by atoms with E-state index in [9.17, 15) is 4.79 Å². The van der Waals surface area contributed by atoms with Gasteiger partial charge in [-0.2, -0.15) is 0 Å². The van der Waals surface area contributed by atoms with Crippen LogP contribution in [0, 0.1) is 18.8 Å². The lowest BCUT2D eigenvalue weighted by atomic mass is 9.86. The number of hydrogen-bond donors (Lipinski definition) is 0. The molecule has 0 bridgehead atoms. The van der Waals surface area contributed by atoms with E-state index in [0.29, 0.717) is 25.4 Å². The van der Waals surface area contributed by atoms with Gasteiger partial charge in [-0.05, 0) is 25.7 Å². The lowest BCUT2D eigenvalue weighted by molar-refractivity contribution is 0.0345. The third-order valence-electron chi connectivity index (χ3n) is 5.30. The lowest BCUT2D eigenvalue weighted by Gasteiger charge is -2.27. The van der Waals surface area contributed by atoms with Gasteiger partial charge in [0.15, 0.2) is 0 Å². The molecule has 1 aliphatic heterocycles. The third-order valence-corrected chi connectivity index (χ3v) is 5.30. The topological polar surface area (TPSA) is 73.1 Å². The van der Waals surface area contributed by atoms with Crippen molar-refractivity contribution in [3.05, 3.63) is 42.0 Å². The number of nitrogens with zero attached hydrogens (tertiary/aromatic N) is 5. The summed E-state index contributed by atoms with van der Waals surface area (Å²) in [5.74, 6) is 0.883. The van der Waals surface area contributed by atoms with E-state index in [2.05, 4.69) is 19.5 Å². The second-order valence-electron chi connectivity index (χ2n) is 7.47. The van der Waals surface area contributed by atoms with Crippen LogP contribution in [0.25, 0.3) is 0 Å². The van der Waals surface area contributed by atoms with E-state index in [1.807, 2.05) is 24.3 Å². The molecule has 7 nitrogen and oxygen atoms in total. The summed E-state index contributed by atoms with van der Waals surface area (Å²) in [7, 11) is 0. The second-order valence-corrected chi connectivity index (χ2v) is 7.47. The summed E-state index contributed by atoms with van der Waals surface area (Å²) in [6.07, 6.45) is 10.8. The largest absolute Gasteiger partial charge is 0.381 e. The van der Waals surface area contributed by atoms with Crippen molar-refractivity contribution >= 4 is 5.91 Å². The molecular formula is C19H25N5O2. The molecule has 0 unspecified atom stereocenters. The number of hydrogen-bond acceptors (Lipinski definition) is 5. The van der Waals surface area contributed by atoms with Crippen molar-refractivity contribution in [3.63, 3.8) is 0 Å². The Morgan fingerprint density at radius 1 is 1.15 bits per heavy atom. The van der Waals surface area contributed by atoms with Crippen LogP contribution in [0.15, 0.2) is 24.9 Å². The van der Waals surface area contributed by atoms with Gasteiger partial charge in [-0.3, -0.25) is 9.78 Å². The maximum atomic E-state index is 12.9. The second kappa shape index (κ2) is 7.53. The average molecular weight is 355 g/mol. The van der Waals surface area contributed by atoms with Gasteiger partial charge in [0.25, 0.3) is 5.91 Å². The van der Waals surface area contributed by atoms with Crippen LogP contribution in [0.2, 0.25) is 0 Å². The summed E-state index contributed by atoms with van der Waals surface area (Å²) in [6.45, 7) is 5.38. The molecule has 2 aromatic rings. The summed E-state index contributed by atoms with van der Waals surface area (Å²) in [6, 6.07) is 0. The minimum Gasteiger partial charge on any atom is -0.381 e. The molecule has 2 aliphatic rings. The zero-order chi connectivity index (χ0) is 17.9. The van der Waals surface area contributed by atoms with Gasteiger partial charge in [-0.25, -0.2) is 9.97 Å². The molecule has 1 aliphatic carbocycles. The first-order valence-electron chi connectivity index (χ1n) is 9.33. The van der Waals surface area contributed by atoms with Crippen LogP contribution in [0.1, 0.15) is 41.1 Å². The van der Waals surface area contributed by atoms with Gasteiger partial charge in [0.05, 0.1) is 37.1 Å². The number of rotatable bonds is 5. The summed E-state index contributed by atoms with van der Waals surface area (Å²) in [5, 5.41) is 0. The van der Waals surface area contributed by atoms with Crippen molar-refractivity contribution in [2.45, 2.75) is 39.3 Å². The van der Waals surface area contributed by atoms with Gasteiger partial charge in [-0.15, -0.1) is 0 Å². The Labute approximate surface area is 153 Å². The molecule has 1 fully saturated rings. The normalized spacial score (nSPS) is 20.3. The SMILES string of the molecule is Cc1cnc(C(=O)N2Cc3cncn3C[C@H](COCC3CCC3)C2)cn1. The average Bonchev–Trinajstić information content (AvgIpc) is 2.95. The highest BCUT2D eigenvalue weighted by atomic mass is 16.5. The van der Waals surface area contributed by atoms with E-state index in [-0.39, 0.29) is 11.8 Å². The third kappa shape index (κ3) is 3.77. The van der Waals surface area contributed by atoms with E-state index < -0.39 is 0 Å². The standard InChI is InChI=1S/C19H25N5O2/c1-14-5-22-18(7-21-14)19(25)23-8-16(12-26-11-15-3-2-4-15)9-24-13-20-6-17(24)10-23/h5-7,13,15-16H,2-4,8-12H2,1H3/t16-/m1/s1. The molecule has 3 heterocycles. The number of aromatic nitrogens is 4. The first kappa shape index (κ1) is 17.1. The van der Waals surface area contributed by atoms with Crippen LogP contribution in [-0.4, -0.2) is 50.1 Å². The summed E-state index contributed by atoms with van der Waals surface area (Å²) in [5.41, 5.74) is 2.23. The summed E-state index contributed by atoms with van der Waals surface area (Å²) >= 11 is 0. The maximum absolute atomic E-state index is 12.9. The quantitative estimate of drug-likeness (QED) is 0.821. The predicted octanol–water partition coefficient (Wildman–Crippen LogP) is 2.07. The van der Waals surface area contributed by atoms with Gasteiger partial charge < -0.3 is 14.2 Å². The Hall–Kier alpha value is -2.28. The number of aryl methyl sites for hydroxylation is 1. The summed E-state index contributed by atoms with van der Waals surface area (Å²) in [4.78, 5) is 27.5. The van der Waals surface area contributed by atoms with Crippen LogP contribution in [-0.2, 0) is 17.8 Å². The fourth-order valence-corrected chi connectivity index (χ4v) is 3.54. The Bertz CT molecular complexity index is 754. The lowest BCUT2D eigenvalue weighted by Crippen LogP contribution is -2.36. The molecule has 26 heavy (non-hydrogen) atoms. The van der Waals surface area contributed by atoms with E-state index in [1.54, 1.807) is 12.4 Å². The fraction of sp³-hybridized carbons (Fsp3) is 0.579. The van der Waals surface area contributed by atoms with Crippen LogP contribution >= 0.6 is 0 Å². The molecule has 4 rings (SSSR count). The zero-order valence-electron chi connectivity index (χ0n) is 15.2. The molecule has 7 heteroatoms. The number of amides is 1. The highest BCUT2D eigenvalue weighted by Crippen LogP contribution is 2.26. The highest BCUT2D eigenvalue weighted by molar-refractivity contribution is 5.92. The molecule has 0 spiro atoms. The molecule has 0 radical (unpaired) electrons. The van der Waals surface area contributed by atoms with Gasteiger partial charge in [-0.1, -0.05) is 6.42 Å². The molecule has 1 amide bonds. The number of carbonyl (C=O) groups is 1. The van der Waals surface area contributed by atoms with Crippen molar-refractivity contribution in [1.29, 1.82) is 0 Å². The van der Waals surface area contributed by atoms with Crippen molar-refractivity contribution < 1.29 is 9.53 Å². The Kier molecular flexibility index (Phi) is 4.97. The minimum atomic E-state index is -0.0869. The number of ether oxygens (including phenoxy) is 1. The molecular weight excluding hydrogens is 330 g/mol. The number of fused-ring (bicyclic) bond motifs is 1. The van der Waals surface area contributed by atoms with Gasteiger partial charge >= 0.3 is 0 Å². The summed E-state index contributed by atoms with van der Waals surface area (Å²) < 4.78 is 8.10. The fourth-order valence-electron chi connectivity index (χ4n) is 3.54. The van der Waals surface area contributed by atoms with E-state index in [4.69, 9.17) is 4.74 Å². The van der Waals surface area contributed by atoms with E-state index >= 15 is 0 Å². The molecule has 1 atom stereocenters. The predicted molar refractivity (Wildman–Crippen MR) is 95.4 cm³/mol. The number of carbonyl (C=O) groups excluding carboxylic acids is 1. The van der Waals surface area contributed by atoms with Crippen molar-refractivity contribution in [2.75, 3.05) is 19.8 Å². The van der Waals surface area contributed by atoms with Gasteiger partial charge in [0, 0.05) is 38.0 Å². The molecule has 2 aromatic heterocycles. The van der Waals surface area contributed by atoms with E-state index in [0.717, 1.165) is 30.5 Å². The first-order valence-corrected chi connectivity index (χ1v) is 9.33. The van der Waals surface area contributed by atoms with Crippen LogP contribution < -0.4 is 0 Å². The van der Waals surface area contributed by atoms with Gasteiger partial charge in [0.1, 0.15) is 5.69 Å². The van der Waals surface area contributed by atoms with Crippen LogP contribution in [0.3, 0.4) is 0 Å². The molecule has 0 N–H and O–H groups in total. The minimum absolute atomic E-state index is 0.0869. The highest BCUT2D eigenvalue weighted by Gasteiger charge is 2.27. The van der Waals surface area contributed by atoms with Crippen molar-refractivity contribution in [3.8, 4) is 0 Å². The monoisotopic (exact) mass is 355 g/mol. The van der Waals surface area contributed by atoms with Gasteiger partial charge in [0.2, 0.25) is 0 Å². The molecule has 0 aromatic carbocycles. The Morgan fingerprint density at radius 2 is 2.00 bits per heavy atom. The molecule has 0 saturated heterocycles. The Balaban J connectivity index is 1.46. The van der Waals surface area contributed by atoms with Crippen molar-refractivity contribution in [2.24, 2.45) is 11.8 Å². The van der Waals surface area contributed by atoms with Crippen LogP contribution in [0.5, 0.6) is 0 Å². The van der Waals surface area contributed by atoms with Crippen LogP contribution in [0.4, 0.5) is 0 Å². The Morgan fingerprint density at radius 3 is 2.73 bits per heavy atom. The number of imidazole rings is 1. The molecule has 1 saturated carbocycles. The molecule has 138 valence electrons. The van der Waals surface area contributed by atoms with E-state index in [1.165, 1.54) is 19.3 Å². The maximum Gasteiger partial charge on any atom is 0.274 e. The smallest absolute Gasteiger partial charge is 0.274 e.